The fourth-order valence-electron chi connectivity index (χ4n) is 2.77. The number of aryl methyl sites for hydroxylation is 1. The minimum Gasteiger partial charge on any atom is -0.317 e. The highest BCUT2D eigenvalue weighted by Gasteiger charge is 2.29. The van der Waals surface area contributed by atoms with Crippen molar-refractivity contribution < 1.29 is 8.42 Å². The van der Waals surface area contributed by atoms with E-state index in [1.165, 1.54) is 6.07 Å². The quantitative estimate of drug-likeness (QED) is 0.898. The van der Waals surface area contributed by atoms with E-state index in [0.29, 0.717) is 30.1 Å². The monoisotopic (exact) mass is 321 g/mol. The molecule has 0 aromatic heterocycles. The Bertz CT molecular complexity index is 656. The molecule has 0 spiro atoms. The second kappa shape index (κ2) is 7.23. The molecule has 120 valence electrons. The third-order valence-electron chi connectivity index (χ3n) is 4.21. The number of nitriles is 1. The molecule has 0 unspecified atom stereocenters. The molecule has 0 radical (unpaired) electrons. The van der Waals surface area contributed by atoms with Gasteiger partial charge in [0.15, 0.2) is 0 Å². The number of rotatable bonds is 5. The lowest BCUT2D eigenvalue weighted by molar-refractivity contribution is 0.268. The molecule has 1 saturated heterocycles. The first-order valence-electron chi connectivity index (χ1n) is 7.70. The van der Waals surface area contributed by atoms with Gasteiger partial charge in [-0.05, 0) is 62.5 Å². The van der Waals surface area contributed by atoms with Gasteiger partial charge in [0.2, 0.25) is 10.0 Å². The van der Waals surface area contributed by atoms with Crippen molar-refractivity contribution in [2.24, 2.45) is 5.92 Å². The second-order valence-corrected chi connectivity index (χ2v) is 7.68. The summed E-state index contributed by atoms with van der Waals surface area (Å²) < 4.78 is 26.9. The number of piperidine rings is 1. The molecule has 5 nitrogen and oxygen atoms in total. The number of nitrogens with one attached hydrogen (secondary N) is 1. The molecule has 22 heavy (non-hydrogen) atoms. The van der Waals surface area contributed by atoms with Crippen molar-refractivity contribution in [2.45, 2.75) is 31.6 Å². The number of hydrogen-bond acceptors (Lipinski definition) is 4. The predicted octanol–water partition coefficient (Wildman–Crippen LogP) is 1.88. The van der Waals surface area contributed by atoms with E-state index in [4.69, 9.17) is 5.26 Å². The Morgan fingerprint density at radius 1 is 1.36 bits per heavy atom. The Balaban J connectivity index is 2.09. The molecule has 0 atom stereocenters. The van der Waals surface area contributed by atoms with Gasteiger partial charge in [0, 0.05) is 13.1 Å². The van der Waals surface area contributed by atoms with Crippen LogP contribution in [0.1, 0.15) is 30.9 Å². The SMILES string of the molecule is CCNCC1CCN(S(=O)(=O)c2ccc(C#N)c(C)c2)CC1. The van der Waals surface area contributed by atoms with Crippen LogP contribution in [0.15, 0.2) is 23.1 Å². The molecule has 1 fully saturated rings. The fraction of sp³-hybridized carbons (Fsp3) is 0.562. The van der Waals surface area contributed by atoms with Gasteiger partial charge in [-0.1, -0.05) is 6.92 Å². The van der Waals surface area contributed by atoms with E-state index in [1.807, 2.05) is 0 Å². The maximum atomic E-state index is 12.7. The van der Waals surface area contributed by atoms with Crippen LogP contribution in [0.3, 0.4) is 0 Å². The van der Waals surface area contributed by atoms with E-state index in [2.05, 4.69) is 18.3 Å². The fourth-order valence-corrected chi connectivity index (χ4v) is 4.33. The van der Waals surface area contributed by atoms with Gasteiger partial charge in [-0.2, -0.15) is 9.57 Å². The summed E-state index contributed by atoms with van der Waals surface area (Å²) in [5.74, 6) is 0.550. The lowest BCUT2D eigenvalue weighted by atomic mass is 9.98. The highest BCUT2D eigenvalue weighted by Crippen LogP contribution is 2.24. The Morgan fingerprint density at radius 3 is 2.59 bits per heavy atom. The summed E-state index contributed by atoms with van der Waals surface area (Å²) in [5.41, 5.74) is 1.22. The van der Waals surface area contributed by atoms with Crippen molar-refractivity contribution in [1.29, 1.82) is 5.26 Å². The molecule has 1 aliphatic heterocycles. The van der Waals surface area contributed by atoms with E-state index in [1.54, 1.807) is 23.4 Å². The van der Waals surface area contributed by atoms with E-state index >= 15 is 0 Å². The van der Waals surface area contributed by atoms with Crippen LogP contribution in [0, 0.1) is 24.2 Å². The molecular formula is C16H23N3O2S. The van der Waals surface area contributed by atoms with Crippen molar-refractivity contribution in [1.82, 2.24) is 9.62 Å². The number of nitrogens with zero attached hydrogens (tertiary/aromatic N) is 2. The largest absolute Gasteiger partial charge is 0.317 e. The van der Waals surface area contributed by atoms with Crippen molar-refractivity contribution >= 4 is 10.0 Å². The zero-order chi connectivity index (χ0) is 16.2. The average Bonchev–Trinajstić information content (AvgIpc) is 2.53. The zero-order valence-electron chi connectivity index (χ0n) is 13.2. The second-order valence-electron chi connectivity index (χ2n) is 5.74. The summed E-state index contributed by atoms with van der Waals surface area (Å²) in [6, 6.07) is 6.78. The average molecular weight is 321 g/mol. The van der Waals surface area contributed by atoms with Crippen LogP contribution in [0.2, 0.25) is 0 Å². The molecule has 1 aromatic rings. The summed E-state index contributed by atoms with van der Waals surface area (Å²) in [7, 11) is -3.45. The number of benzene rings is 1. The Kier molecular flexibility index (Phi) is 5.57. The lowest BCUT2D eigenvalue weighted by Gasteiger charge is -2.31. The molecule has 0 aliphatic carbocycles. The molecule has 1 aliphatic rings. The molecule has 0 saturated carbocycles. The minimum atomic E-state index is -3.45. The summed E-state index contributed by atoms with van der Waals surface area (Å²) in [6.07, 6.45) is 1.78. The number of sulfonamides is 1. The number of hydrogen-bond donors (Lipinski definition) is 1. The van der Waals surface area contributed by atoms with Crippen LogP contribution in [-0.2, 0) is 10.0 Å². The maximum Gasteiger partial charge on any atom is 0.243 e. The van der Waals surface area contributed by atoms with E-state index < -0.39 is 10.0 Å². The summed E-state index contributed by atoms with van der Waals surface area (Å²) in [6.45, 7) is 6.88. The Labute approximate surface area is 133 Å². The maximum absolute atomic E-state index is 12.7. The van der Waals surface area contributed by atoms with Gasteiger partial charge in [-0.3, -0.25) is 0 Å². The van der Waals surface area contributed by atoms with Crippen molar-refractivity contribution in [3.05, 3.63) is 29.3 Å². The topological polar surface area (TPSA) is 73.2 Å². The minimum absolute atomic E-state index is 0.286. The van der Waals surface area contributed by atoms with Gasteiger partial charge >= 0.3 is 0 Å². The summed E-state index contributed by atoms with van der Waals surface area (Å²) >= 11 is 0. The van der Waals surface area contributed by atoms with Gasteiger partial charge in [0.1, 0.15) is 0 Å². The third kappa shape index (κ3) is 3.67. The van der Waals surface area contributed by atoms with Crippen LogP contribution in [-0.4, -0.2) is 38.9 Å². The zero-order valence-corrected chi connectivity index (χ0v) is 14.0. The van der Waals surface area contributed by atoms with Gasteiger partial charge in [0.25, 0.3) is 0 Å². The molecule has 6 heteroatoms. The smallest absolute Gasteiger partial charge is 0.243 e. The van der Waals surface area contributed by atoms with E-state index in [-0.39, 0.29) is 4.90 Å². The highest BCUT2D eigenvalue weighted by molar-refractivity contribution is 7.89. The third-order valence-corrected chi connectivity index (χ3v) is 6.11. The van der Waals surface area contributed by atoms with Crippen molar-refractivity contribution in [2.75, 3.05) is 26.2 Å². The Morgan fingerprint density at radius 2 is 2.05 bits per heavy atom. The first kappa shape index (κ1) is 16.9. The van der Waals surface area contributed by atoms with Crippen LogP contribution < -0.4 is 5.32 Å². The molecule has 1 heterocycles. The van der Waals surface area contributed by atoms with E-state index in [0.717, 1.165) is 25.9 Å². The van der Waals surface area contributed by atoms with Crippen molar-refractivity contribution in [3.63, 3.8) is 0 Å². The van der Waals surface area contributed by atoms with Crippen LogP contribution in [0.5, 0.6) is 0 Å². The molecular weight excluding hydrogens is 298 g/mol. The van der Waals surface area contributed by atoms with Gasteiger partial charge < -0.3 is 5.32 Å². The molecule has 0 bridgehead atoms. The van der Waals surface area contributed by atoms with Crippen LogP contribution in [0.4, 0.5) is 0 Å². The highest BCUT2D eigenvalue weighted by atomic mass is 32.2. The molecule has 2 rings (SSSR count). The molecule has 0 amide bonds. The normalized spacial score (nSPS) is 17.3. The first-order chi connectivity index (χ1) is 10.5. The Hall–Kier alpha value is -1.42. The standard InChI is InChI=1S/C16H23N3O2S/c1-3-18-12-14-6-8-19(9-7-14)22(20,21)16-5-4-15(11-17)13(2)10-16/h4-5,10,14,18H,3,6-9,12H2,1-2H3. The lowest BCUT2D eigenvalue weighted by Crippen LogP contribution is -2.40. The first-order valence-corrected chi connectivity index (χ1v) is 9.14. The van der Waals surface area contributed by atoms with Crippen molar-refractivity contribution in [3.8, 4) is 6.07 Å². The summed E-state index contributed by atoms with van der Waals surface area (Å²) in [5, 5.41) is 12.3. The van der Waals surface area contributed by atoms with Gasteiger partial charge in [-0.15, -0.1) is 0 Å². The van der Waals surface area contributed by atoms with Gasteiger partial charge in [0.05, 0.1) is 16.5 Å². The molecule has 1 aromatic carbocycles. The predicted molar refractivity (Wildman–Crippen MR) is 85.9 cm³/mol. The van der Waals surface area contributed by atoms with Gasteiger partial charge in [-0.25, -0.2) is 8.42 Å². The molecule has 1 N–H and O–H groups in total. The van der Waals surface area contributed by atoms with E-state index in [9.17, 15) is 8.42 Å². The van der Waals surface area contributed by atoms with Crippen LogP contribution in [0.25, 0.3) is 0 Å². The summed E-state index contributed by atoms with van der Waals surface area (Å²) in [4.78, 5) is 0.286. The van der Waals surface area contributed by atoms with Crippen LogP contribution >= 0.6 is 0 Å².